The fourth-order valence-corrected chi connectivity index (χ4v) is 0.318. The topological polar surface area (TPSA) is 12.5 Å². The molecular weight excluding hydrogens is 76.1 g/mol. The van der Waals surface area contributed by atoms with Crippen molar-refractivity contribution in [2.75, 3.05) is 6.61 Å². The Bertz CT molecular complexity index is 55.0. The van der Waals surface area contributed by atoms with Gasteiger partial charge in [-0.1, -0.05) is 6.08 Å². The zero-order chi connectivity index (χ0) is 4.41. The van der Waals surface area contributed by atoms with Gasteiger partial charge < -0.3 is 4.74 Å². The van der Waals surface area contributed by atoms with E-state index in [0.29, 0.717) is 6.10 Å². The molecule has 1 unspecified atom stereocenters. The van der Waals surface area contributed by atoms with E-state index in [1.165, 1.54) is 0 Å². The van der Waals surface area contributed by atoms with Gasteiger partial charge in [-0.3, -0.25) is 0 Å². The van der Waals surface area contributed by atoms with Crippen molar-refractivity contribution >= 4 is 0 Å². The van der Waals surface area contributed by atoms with Gasteiger partial charge in [-0.15, -0.1) is 6.58 Å². The first kappa shape index (κ1) is 3.88. The molecule has 0 aromatic rings. The molecule has 0 bridgehead atoms. The molecule has 1 aliphatic heterocycles. The molecule has 1 fully saturated rings. The molecule has 0 spiro atoms. The molecule has 1 heteroatoms. The molecule has 0 aromatic carbocycles. The fourth-order valence-electron chi connectivity index (χ4n) is 0.318. The predicted octanol–water partition coefficient (Wildman–Crippen LogP) is 0.775. The minimum atomic E-state index is 0.405. The average molecular weight is 83.1 g/mol. The normalized spacial score (nSPS) is 29.7. The maximum Gasteiger partial charge on any atom is 0.0878 e. The SMILES string of the molecule is C=C[CH]C1CO1. The molecule has 6 heavy (non-hydrogen) atoms. The number of epoxide rings is 1. The van der Waals surface area contributed by atoms with Crippen molar-refractivity contribution in [3.05, 3.63) is 19.1 Å². The first-order valence-corrected chi connectivity index (χ1v) is 2.01. The largest absolute Gasteiger partial charge is 0.372 e. The van der Waals surface area contributed by atoms with E-state index in [1.54, 1.807) is 6.08 Å². The van der Waals surface area contributed by atoms with E-state index in [2.05, 4.69) is 6.58 Å². The van der Waals surface area contributed by atoms with Gasteiger partial charge in [0, 0.05) is 6.42 Å². The van der Waals surface area contributed by atoms with Gasteiger partial charge in [0.15, 0.2) is 0 Å². The van der Waals surface area contributed by atoms with Crippen LogP contribution in [0.3, 0.4) is 0 Å². The van der Waals surface area contributed by atoms with E-state index >= 15 is 0 Å². The predicted molar refractivity (Wildman–Crippen MR) is 24.2 cm³/mol. The van der Waals surface area contributed by atoms with Crippen molar-refractivity contribution in [2.45, 2.75) is 6.10 Å². The fraction of sp³-hybridized carbons (Fsp3) is 0.400. The number of ether oxygens (including phenoxy) is 1. The average Bonchev–Trinajstić information content (AvgIpc) is 2.21. The molecule has 1 rings (SSSR count). The molecule has 0 aromatic heterocycles. The van der Waals surface area contributed by atoms with Crippen LogP contribution in [0, 0.1) is 6.42 Å². The van der Waals surface area contributed by atoms with Gasteiger partial charge in [0.05, 0.1) is 12.7 Å². The van der Waals surface area contributed by atoms with Crippen LogP contribution in [-0.2, 0) is 4.74 Å². The highest BCUT2D eigenvalue weighted by atomic mass is 16.6. The van der Waals surface area contributed by atoms with E-state index in [9.17, 15) is 0 Å². The van der Waals surface area contributed by atoms with Crippen LogP contribution in [0.5, 0.6) is 0 Å². The molecule has 1 nitrogen and oxygen atoms in total. The molecular formula is C5H7O. The van der Waals surface area contributed by atoms with Crippen LogP contribution >= 0.6 is 0 Å². The van der Waals surface area contributed by atoms with Crippen LogP contribution in [-0.4, -0.2) is 12.7 Å². The van der Waals surface area contributed by atoms with E-state index in [-0.39, 0.29) is 0 Å². The summed E-state index contributed by atoms with van der Waals surface area (Å²) in [6.45, 7) is 4.40. The molecule has 1 aliphatic rings. The van der Waals surface area contributed by atoms with Gasteiger partial charge in [-0.2, -0.15) is 0 Å². The molecule has 1 atom stereocenters. The molecule has 0 amide bonds. The lowest BCUT2D eigenvalue weighted by molar-refractivity contribution is 0.433. The smallest absolute Gasteiger partial charge is 0.0878 e. The van der Waals surface area contributed by atoms with Crippen LogP contribution in [0.15, 0.2) is 12.7 Å². The Morgan fingerprint density at radius 1 is 1.83 bits per heavy atom. The lowest BCUT2D eigenvalue weighted by atomic mass is 10.3. The molecule has 33 valence electrons. The second-order valence-corrected chi connectivity index (χ2v) is 1.30. The van der Waals surface area contributed by atoms with Crippen molar-refractivity contribution in [1.82, 2.24) is 0 Å². The van der Waals surface area contributed by atoms with Crippen molar-refractivity contribution < 1.29 is 4.74 Å². The molecule has 0 N–H and O–H groups in total. The van der Waals surface area contributed by atoms with Gasteiger partial charge in [0.25, 0.3) is 0 Å². The second-order valence-electron chi connectivity index (χ2n) is 1.30. The Labute approximate surface area is 37.6 Å². The van der Waals surface area contributed by atoms with Crippen molar-refractivity contribution in [1.29, 1.82) is 0 Å². The van der Waals surface area contributed by atoms with Gasteiger partial charge in [0.2, 0.25) is 0 Å². The lowest BCUT2D eigenvalue weighted by Crippen LogP contribution is -1.77. The number of hydrogen-bond donors (Lipinski definition) is 0. The summed E-state index contributed by atoms with van der Waals surface area (Å²) < 4.78 is 4.82. The second kappa shape index (κ2) is 1.43. The third-order valence-electron chi connectivity index (χ3n) is 0.710. The van der Waals surface area contributed by atoms with Crippen LogP contribution < -0.4 is 0 Å². The van der Waals surface area contributed by atoms with Crippen LogP contribution in [0.1, 0.15) is 0 Å². The standard InChI is InChI=1S/C5H7O/c1-2-3-5-4-6-5/h2-3,5H,1,4H2. The maximum absolute atomic E-state index is 4.82. The molecule has 0 saturated carbocycles. The molecule has 1 saturated heterocycles. The number of hydrogen-bond acceptors (Lipinski definition) is 1. The summed E-state index contributed by atoms with van der Waals surface area (Å²) in [4.78, 5) is 0. The Kier molecular flexibility index (Phi) is 0.926. The summed E-state index contributed by atoms with van der Waals surface area (Å²) in [5.41, 5.74) is 0. The van der Waals surface area contributed by atoms with Crippen LogP contribution in [0.25, 0.3) is 0 Å². The summed E-state index contributed by atoms with van der Waals surface area (Å²) in [5.74, 6) is 0. The van der Waals surface area contributed by atoms with Crippen molar-refractivity contribution in [3.63, 3.8) is 0 Å². The lowest BCUT2D eigenvalue weighted by Gasteiger charge is -1.73. The minimum absolute atomic E-state index is 0.405. The highest BCUT2D eigenvalue weighted by molar-refractivity contribution is 4.98. The Hall–Kier alpha value is -0.300. The van der Waals surface area contributed by atoms with Crippen molar-refractivity contribution in [2.24, 2.45) is 0 Å². The zero-order valence-corrected chi connectivity index (χ0v) is 3.55. The third-order valence-corrected chi connectivity index (χ3v) is 0.710. The van der Waals surface area contributed by atoms with Crippen LogP contribution in [0.4, 0.5) is 0 Å². The Balaban J connectivity index is 2.00. The third kappa shape index (κ3) is 0.830. The summed E-state index contributed by atoms with van der Waals surface area (Å²) in [7, 11) is 0. The minimum Gasteiger partial charge on any atom is -0.372 e. The summed E-state index contributed by atoms with van der Waals surface area (Å²) >= 11 is 0. The van der Waals surface area contributed by atoms with E-state index in [4.69, 9.17) is 4.74 Å². The maximum atomic E-state index is 4.82. The van der Waals surface area contributed by atoms with Crippen molar-refractivity contribution in [3.8, 4) is 0 Å². The Morgan fingerprint density at radius 2 is 2.50 bits per heavy atom. The van der Waals surface area contributed by atoms with Gasteiger partial charge in [-0.25, -0.2) is 0 Å². The summed E-state index contributed by atoms with van der Waals surface area (Å²) in [5, 5.41) is 0. The molecule has 1 heterocycles. The van der Waals surface area contributed by atoms with Gasteiger partial charge >= 0.3 is 0 Å². The quantitative estimate of drug-likeness (QED) is 0.449. The highest BCUT2D eigenvalue weighted by Crippen LogP contribution is 2.11. The molecule has 1 radical (unpaired) electrons. The van der Waals surface area contributed by atoms with Crippen LogP contribution in [0.2, 0.25) is 0 Å². The van der Waals surface area contributed by atoms with E-state index in [1.807, 2.05) is 6.42 Å². The summed E-state index contributed by atoms with van der Waals surface area (Å²) in [6, 6.07) is 0. The monoisotopic (exact) mass is 83.0 g/mol. The van der Waals surface area contributed by atoms with E-state index < -0.39 is 0 Å². The van der Waals surface area contributed by atoms with E-state index in [0.717, 1.165) is 6.61 Å². The Morgan fingerprint density at radius 3 is 2.67 bits per heavy atom. The first-order chi connectivity index (χ1) is 2.93. The first-order valence-electron chi connectivity index (χ1n) is 2.01. The number of rotatable bonds is 2. The molecule has 0 aliphatic carbocycles. The highest BCUT2D eigenvalue weighted by Gasteiger charge is 2.19. The zero-order valence-electron chi connectivity index (χ0n) is 3.55. The summed E-state index contributed by atoms with van der Waals surface area (Å²) in [6.07, 6.45) is 4.11. The van der Waals surface area contributed by atoms with Gasteiger partial charge in [-0.05, 0) is 0 Å². The van der Waals surface area contributed by atoms with Gasteiger partial charge in [0.1, 0.15) is 0 Å².